The van der Waals surface area contributed by atoms with Crippen LogP contribution in [0.1, 0.15) is 20.1 Å². The number of carboxylic acids is 1. The van der Waals surface area contributed by atoms with E-state index in [1.54, 1.807) is 25.3 Å². The number of carboxylic acid groups (broad SMARTS) is 1. The van der Waals surface area contributed by atoms with Gasteiger partial charge >= 0.3 is 5.97 Å². The average Bonchev–Trinajstić information content (AvgIpc) is 2.78. The zero-order chi connectivity index (χ0) is 14.7. The molecule has 0 spiro atoms. The molecule has 0 bridgehead atoms. The monoisotopic (exact) mass is 311 g/mol. The van der Waals surface area contributed by atoms with Crippen LogP contribution in [0, 0.1) is 6.92 Å². The molecule has 4 nitrogen and oxygen atoms in total. The van der Waals surface area contributed by atoms with Gasteiger partial charge in [-0.2, -0.15) is 0 Å². The van der Waals surface area contributed by atoms with Gasteiger partial charge in [-0.25, -0.2) is 4.79 Å². The Hall–Kier alpha value is -1.72. The Morgan fingerprint density at radius 2 is 2.20 bits per heavy atom. The second-order valence-corrected chi connectivity index (χ2v) is 5.86. The molecule has 0 saturated carbocycles. The van der Waals surface area contributed by atoms with E-state index in [0.717, 1.165) is 16.1 Å². The number of hydrogen-bond donors (Lipinski definition) is 2. The summed E-state index contributed by atoms with van der Waals surface area (Å²) < 4.78 is 5.09. The van der Waals surface area contributed by atoms with Gasteiger partial charge in [0.05, 0.1) is 12.1 Å². The molecule has 0 amide bonds. The van der Waals surface area contributed by atoms with Gasteiger partial charge in [0.15, 0.2) is 0 Å². The van der Waals surface area contributed by atoms with E-state index < -0.39 is 5.97 Å². The van der Waals surface area contributed by atoms with Gasteiger partial charge in [0, 0.05) is 17.1 Å². The second kappa shape index (κ2) is 6.15. The molecule has 0 unspecified atom stereocenters. The van der Waals surface area contributed by atoms with Gasteiger partial charge in [-0.1, -0.05) is 11.6 Å². The number of ether oxygens (including phenoxy) is 1. The van der Waals surface area contributed by atoms with Crippen molar-refractivity contribution < 1.29 is 14.6 Å². The molecule has 6 heteroatoms. The minimum absolute atomic E-state index is 0.354. The van der Waals surface area contributed by atoms with Crippen molar-refractivity contribution in [1.29, 1.82) is 0 Å². The number of nitrogens with one attached hydrogen (secondary N) is 1. The Kier molecular flexibility index (Phi) is 4.52. The molecule has 2 aromatic rings. The second-order valence-electron chi connectivity index (χ2n) is 4.20. The Morgan fingerprint density at radius 1 is 1.45 bits per heavy atom. The lowest BCUT2D eigenvalue weighted by molar-refractivity contribution is 0.0702. The van der Waals surface area contributed by atoms with Gasteiger partial charge in [0.1, 0.15) is 10.6 Å². The fourth-order valence-electron chi connectivity index (χ4n) is 1.77. The van der Waals surface area contributed by atoms with E-state index in [9.17, 15) is 4.79 Å². The number of rotatable bonds is 5. The van der Waals surface area contributed by atoms with Gasteiger partial charge in [-0.3, -0.25) is 0 Å². The summed E-state index contributed by atoms with van der Waals surface area (Å²) in [5.74, 6) is -0.270. The number of aromatic carboxylic acids is 1. The van der Waals surface area contributed by atoms with Crippen LogP contribution in [-0.4, -0.2) is 18.2 Å². The number of carbonyl (C=O) groups is 1. The van der Waals surface area contributed by atoms with Gasteiger partial charge in [-0.05, 0) is 36.8 Å². The minimum Gasteiger partial charge on any atom is -0.495 e. The van der Waals surface area contributed by atoms with Crippen molar-refractivity contribution in [2.24, 2.45) is 0 Å². The number of hydrogen-bond acceptors (Lipinski definition) is 4. The fraction of sp³-hybridized carbons (Fsp3) is 0.214. The van der Waals surface area contributed by atoms with Gasteiger partial charge in [0.2, 0.25) is 0 Å². The van der Waals surface area contributed by atoms with Crippen molar-refractivity contribution in [3.8, 4) is 5.75 Å². The van der Waals surface area contributed by atoms with Crippen LogP contribution in [-0.2, 0) is 6.54 Å². The summed E-state index contributed by atoms with van der Waals surface area (Å²) in [6.07, 6.45) is 0. The molecule has 0 aliphatic heterocycles. The number of anilines is 1. The highest BCUT2D eigenvalue weighted by Crippen LogP contribution is 2.28. The van der Waals surface area contributed by atoms with Crippen LogP contribution in [0.15, 0.2) is 24.3 Å². The van der Waals surface area contributed by atoms with Gasteiger partial charge < -0.3 is 15.2 Å². The molecule has 0 saturated heterocycles. The summed E-state index contributed by atoms with van der Waals surface area (Å²) in [5.41, 5.74) is 1.83. The zero-order valence-electron chi connectivity index (χ0n) is 11.1. The first-order valence-electron chi connectivity index (χ1n) is 5.91. The molecule has 1 aromatic carbocycles. The normalized spacial score (nSPS) is 10.3. The molecule has 0 aliphatic carbocycles. The van der Waals surface area contributed by atoms with Crippen LogP contribution in [0.5, 0.6) is 5.75 Å². The Morgan fingerprint density at radius 3 is 2.75 bits per heavy atom. The predicted octanol–water partition coefficient (Wildman–Crippen LogP) is 4.03. The summed E-state index contributed by atoms with van der Waals surface area (Å²) >= 11 is 7.33. The lowest BCUT2D eigenvalue weighted by Gasteiger charge is -2.08. The minimum atomic E-state index is -0.892. The number of halogens is 1. The molecule has 2 N–H and O–H groups in total. The van der Waals surface area contributed by atoms with Crippen molar-refractivity contribution in [3.05, 3.63) is 44.6 Å². The van der Waals surface area contributed by atoms with Crippen LogP contribution in [0.25, 0.3) is 0 Å². The maximum absolute atomic E-state index is 10.9. The number of benzene rings is 1. The van der Waals surface area contributed by atoms with Crippen LogP contribution in [0.2, 0.25) is 5.02 Å². The molecule has 1 aromatic heterocycles. The van der Waals surface area contributed by atoms with E-state index in [4.69, 9.17) is 21.4 Å². The van der Waals surface area contributed by atoms with Crippen molar-refractivity contribution in [2.45, 2.75) is 13.5 Å². The highest BCUT2D eigenvalue weighted by atomic mass is 35.5. The van der Waals surface area contributed by atoms with Crippen molar-refractivity contribution in [1.82, 2.24) is 0 Å². The van der Waals surface area contributed by atoms with E-state index in [-0.39, 0.29) is 0 Å². The molecule has 2 rings (SSSR count). The SMILES string of the molecule is COc1ccc(NCc2cc(C(=O)O)sc2C)cc1Cl. The zero-order valence-corrected chi connectivity index (χ0v) is 12.6. The third-order valence-electron chi connectivity index (χ3n) is 2.87. The summed E-state index contributed by atoms with van der Waals surface area (Å²) in [6.45, 7) is 2.47. The van der Waals surface area contributed by atoms with Crippen molar-refractivity contribution >= 4 is 34.6 Å². The maximum Gasteiger partial charge on any atom is 0.345 e. The first-order chi connectivity index (χ1) is 9.51. The summed E-state index contributed by atoms with van der Waals surface area (Å²) in [6, 6.07) is 7.12. The Balaban J connectivity index is 2.08. The molecule has 20 heavy (non-hydrogen) atoms. The number of methoxy groups -OCH3 is 1. The van der Waals surface area contributed by atoms with Gasteiger partial charge in [-0.15, -0.1) is 11.3 Å². The van der Waals surface area contributed by atoms with E-state index >= 15 is 0 Å². The lowest BCUT2D eigenvalue weighted by Crippen LogP contribution is -2.00. The number of aryl methyl sites for hydroxylation is 1. The quantitative estimate of drug-likeness (QED) is 0.875. The van der Waals surface area contributed by atoms with E-state index in [1.807, 2.05) is 13.0 Å². The third kappa shape index (κ3) is 3.23. The molecule has 0 radical (unpaired) electrons. The van der Waals surface area contributed by atoms with Crippen LogP contribution >= 0.6 is 22.9 Å². The van der Waals surface area contributed by atoms with E-state index in [1.165, 1.54) is 11.3 Å². The molecule has 1 heterocycles. The highest BCUT2D eigenvalue weighted by molar-refractivity contribution is 7.14. The Bertz CT molecular complexity index is 639. The van der Waals surface area contributed by atoms with Gasteiger partial charge in [0.25, 0.3) is 0 Å². The van der Waals surface area contributed by atoms with Crippen LogP contribution in [0.3, 0.4) is 0 Å². The smallest absolute Gasteiger partial charge is 0.345 e. The molecular formula is C14H14ClNO3S. The summed E-state index contributed by atoms with van der Waals surface area (Å²) in [7, 11) is 1.57. The molecule has 0 atom stereocenters. The summed E-state index contributed by atoms with van der Waals surface area (Å²) in [5, 5.41) is 12.7. The number of thiophene rings is 1. The lowest BCUT2D eigenvalue weighted by atomic mass is 10.2. The topological polar surface area (TPSA) is 58.6 Å². The first-order valence-corrected chi connectivity index (χ1v) is 7.10. The van der Waals surface area contributed by atoms with Crippen molar-refractivity contribution in [3.63, 3.8) is 0 Å². The maximum atomic E-state index is 10.9. The first kappa shape index (κ1) is 14.7. The highest BCUT2D eigenvalue weighted by Gasteiger charge is 2.11. The van der Waals surface area contributed by atoms with Crippen LogP contribution in [0.4, 0.5) is 5.69 Å². The molecule has 0 fully saturated rings. The third-order valence-corrected chi connectivity index (χ3v) is 4.24. The standard InChI is InChI=1S/C14H14ClNO3S/c1-8-9(5-13(20-8)14(17)18)7-16-10-3-4-12(19-2)11(15)6-10/h3-6,16H,7H2,1-2H3,(H,17,18). The predicted molar refractivity (Wildman–Crippen MR) is 81.3 cm³/mol. The largest absolute Gasteiger partial charge is 0.495 e. The fourth-order valence-corrected chi connectivity index (χ4v) is 2.91. The Labute approximate surface area is 126 Å². The van der Waals surface area contributed by atoms with E-state index in [0.29, 0.717) is 22.2 Å². The van der Waals surface area contributed by atoms with Crippen molar-refractivity contribution in [2.75, 3.05) is 12.4 Å². The molecule has 106 valence electrons. The molecular weight excluding hydrogens is 298 g/mol. The average molecular weight is 312 g/mol. The molecule has 0 aliphatic rings. The summed E-state index contributed by atoms with van der Waals surface area (Å²) in [4.78, 5) is 12.3. The van der Waals surface area contributed by atoms with E-state index in [2.05, 4.69) is 5.32 Å². The van der Waals surface area contributed by atoms with Crippen LogP contribution < -0.4 is 10.1 Å².